The molecule has 2 aromatic carbocycles. The van der Waals surface area contributed by atoms with Gasteiger partial charge >= 0.3 is 12.2 Å². The van der Waals surface area contributed by atoms with E-state index in [0.29, 0.717) is 22.7 Å². The summed E-state index contributed by atoms with van der Waals surface area (Å²) in [5.74, 6) is 0. The van der Waals surface area contributed by atoms with E-state index in [1.54, 1.807) is 31.2 Å². The number of aryl methyl sites for hydroxylation is 2. The quantitative estimate of drug-likeness (QED) is 0.676. The van der Waals surface area contributed by atoms with Crippen molar-refractivity contribution in [3.05, 3.63) is 47.5 Å². The molecule has 0 aliphatic carbocycles. The summed E-state index contributed by atoms with van der Waals surface area (Å²) >= 11 is 0. The van der Waals surface area contributed by atoms with Crippen LogP contribution < -0.4 is 10.6 Å². The number of rotatable bonds is 0. The van der Waals surface area contributed by atoms with E-state index in [2.05, 4.69) is 26.6 Å². The van der Waals surface area contributed by atoms with Gasteiger partial charge in [-0.25, -0.2) is 9.59 Å². The van der Waals surface area contributed by atoms with E-state index >= 15 is 0 Å². The maximum absolute atomic E-state index is 12.0. The Kier molecular flexibility index (Phi) is 5.72. The number of benzene rings is 2. The van der Waals surface area contributed by atoms with Crippen molar-refractivity contribution in [1.82, 2.24) is 0 Å². The number of aliphatic imine (C=N–C) groups is 2. The van der Waals surface area contributed by atoms with Crippen LogP contribution in [-0.2, 0) is 9.47 Å². The second kappa shape index (κ2) is 8.37. The SMILES string of the molecule is Cc1ccc2cc1N=C=Nc1cc(ccc1C)NC(=O)OC(C)COC(=O)N2. The molecule has 1 aliphatic rings. The molecule has 144 valence electrons. The first kappa shape index (κ1) is 19.1. The summed E-state index contributed by atoms with van der Waals surface area (Å²) in [6.07, 6.45) is -1.94. The highest BCUT2D eigenvalue weighted by Crippen LogP contribution is 2.25. The van der Waals surface area contributed by atoms with Crippen molar-refractivity contribution in [2.24, 2.45) is 9.98 Å². The number of carbonyl (C=O) groups is 2. The molecule has 1 unspecified atom stereocenters. The van der Waals surface area contributed by atoms with Crippen LogP contribution in [0.4, 0.5) is 32.3 Å². The summed E-state index contributed by atoms with van der Waals surface area (Å²) in [6, 6.07) is 13.2. The van der Waals surface area contributed by atoms with Crippen LogP contribution in [-0.4, -0.2) is 30.9 Å². The molecule has 28 heavy (non-hydrogen) atoms. The van der Waals surface area contributed by atoms with Crippen molar-refractivity contribution in [3.8, 4) is 0 Å². The number of nitrogens with zero attached hydrogens (tertiary/aromatic N) is 2. The molecule has 2 N–H and O–H groups in total. The average Bonchev–Trinajstić information content (AvgIpc) is 2.64. The summed E-state index contributed by atoms with van der Waals surface area (Å²) in [4.78, 5) is 32.5. The van der Waals surface area contributed by atoms with Crippen LogP contribution in [0.5, 0.6) is 0 Å². The number of fused-ring (bicyclic) bond motifs is 4. The molecule has 3 rings (SSSR count). The molecule has 1 atom stereocenters. The number of amides is 2. The highest BCUT2D eigenvalue weighted by atomic mass is 16.6. The third-order valence-corrected chi connectivity index (χ3v) is 4.01. The molecule has 0 saturated carbocycles. The van der Waals surface area contributed by atoms with Crippen molar-refractivity contribution in [3.63, 3.8) is 0 Å². The number of ether oxygens (including phenoxy) is 2. The van der Waals surface area contributed by atoms with Crippen LogP contribution in [0.3, 0.4) is 0 Å². The first-order valence-corrected chi connectivity index (χ1v) is 8.70. The Bertz CT molecular complexity index is 980. The fourth-order valence-electron chi connectivity index (χ4n) is 2.46. The first-order valence-electron chi connectivity index (χ1n) is 8.70. The lowest BCUT2D eigenvalue weighted by atomic mass is 10.2. The van der Waals surface area contributed by atoms with Crippen molar-refractivity contribution in [1.29, 1.82) is 0 Å². The maximum atomic E-state index is 12.0. The van der Waals surface area contributed by atoms with E-state index in [-0.39, 0.29) is 6.61 Å². The number of hydrogen-bond acceptors (Lipinski definition) is 6. The van der Waals surface area contributed by atoms with E-state index in [0.717, 1.165) is 11.1 Å². The number of carbonyl (C=O) groups excluding carboxylic acids is 2. The summed E-state index contributed by atoms with van der Waals surface area (Å²) in [6.45, 7) is 5.33. The third kappa shape index (κ3) is 4.96. The summed E-state index contributed by atoms with van der Waals surface area (Å²) in [7, 11) is 0. The molecule has 2 amide bonds. The molecule has 0 radical (unpaired) electrons. The lowest BCUT2D eigenvalue weighted by molar-refractivity contribution is 0.0651. The second-order valence-electron chi connectivity index (χ2n) is 6.39. The zero-order chi connectivity index (χ0) is 20.1. The lowest BCUT2D eigenvalue weighted by Crippen LogP contribution is -2.26. The number of cyclic esters (lactones) is 2. The van der Waals surface area contributed by atoms with Crippen LogP contribution in [0.15, 0.2) is 46.4 Å². The summed E-state index contributed by atoms with van der Waals surface area (Å²) in [5.41, 5.74) is 4.07. The molecule has 4 bridgehead atoms. The first-order chi connectivity index (χ1) is 13.4. The largest absolute Gasteiger partial charge is 0.445 e. The highest BCUT2D eigenvalue weighted by Gasteiger charge is 2.14. The van der Waals surface area contributed by atoms with Gasteiger partial charge < -0.3 is 9.47 Å². The molecule has 1 aliphatic heterocycles. The van der Waals surface area contributed by atoms with Gasteiger partial charge in [0.2, 0.25) is 0 Å². The zero-order valence-electron chi connectivity index (χ0n) is 15.8. The van der Waals surface area contributed by atoms with E-state index in [1.807, 2.05) is 26.0 Å². The Balaban J connectivity index is 1.99. The fraction of sp³-hybridized carbons (Fsp3) is 0.250. The highest BCUT2D eigenvalue weighted by molar-refractivity contribution is 5.87. The Morgan fingerprint density at radius 1 is 0.929 bits per heavy atom. The van der Waals surface area contributed by atoms with Gasteiger partial charge in [-0.05, 0) is 56.2 Å². The minimum Gasteiger partial charge on any atom is -0.445 e. The van der Waals surface area contributed by atoms with Gasteiger partial charge in [-0.15, -0.1) is 0 Å². The van der Waals surface area contributed by atoms with Crippen molar-refractivity contribution < 1.29 is 19.1 Å². The minimum absolute atomic E-state index is 0.0849. The standard InChI is InChI=1S/C20H20N4O4/c1-12-4-6-15-8-17(12)21-11-22-18-9-16(7-5-13(18)2)24-20(26)28-14(3)10-27-19(25)23-15/h4-9,14H,10H2,1-3H3,(H,23,25)(H,24,26). The van der Waals surface area contributed by atoms with Gasteiger partial charge in [0.25, 0.3) is 0 Å². The number of nitrogens with one attached hydrogen (secondary N) is 2. The van der Waals surface area contributed by atoms with Gasteiger partial charge in [-0.3, -0.25) is 10.6 Å². The topological polar surface area (TPSA) is 101 Å². The Hall–Kier alpha value is -3.64. The summed E-state index contributed by atoms with van der Waals surface area (Å²) < 4.78 is 10.3. The Morgan fingerprint density at radius 2 is 1.46 bits per heavy atom. The van der Waals surface area contributed by atoms with Crippen LogP contribution in [0.2, 0.25) is 0 Å². The average molecular weight is 380 g/mol. The van der Waals surface area contributed by atoms with E-state index in [9.17, 15) is 9.59 Å². The van der Waals surface area contributed by atoms with Crippen LogP contribution in [0.25, 0.3) is 0 Å². The van der Waals surface area contributed by atoms with Gasteiger partial charge in [-0.2, -0.15) is 9.98 Å². The van der Waals surface area contributed by atoms with Crippen molar-refractivity contribution >= 4 is 40.9 Å². The third-order valence-electron chi connectivity index (χ3n) is 4.01. The molecular formula is C20H20N4O4. The maximum Gasteiger partial charge on any atom is 0.412 e. The number of hydrogen-bond donors (Lipinski definition) is 2. The molecule has 0 saturated heterocycles. The predicted octanol–water partition coefficient (Wildman–Crippen LogP) is 4.94. The molecule has 8 heteroatoms. The van der Waals surface area contributed by atoms with Gasteiger partial charge in [0, 0.05) is 11.4 Å². The van der Waals surface area contributed by atoms with Gasteiger partial charge in [0.05, 0.1) is 11.4 Å². The molecular weight excluding hydrogens is 360 g/mol. The fourth-order valence-corrected chi connectivity index (χ4v) is 2.46. The second-order valence-corrected chi connectivity index (χ2v) is 6.39. The van der Waals surface area contributed by atoms with E-state index in [1.165, 1.54) is 0 Å². The number of anilines is 2. The van der Waals surface area contributed by atoms with Gasteiger partial charge in [-0.1, -0.05) is 12.1 Å². The van der Waals surface area contributed by atoms with Crippen LogP contribution >= 0.6 is 0 Å². The van der Waals surface area contributed by atoms with Gasteiger partial charge in [0.1, 0.15) is 18.7 Å². The molecule has 0 fully saturated rings. The van der Waals surface area contributed by atoms with Crippen molar-refractivity contribution in [2.45, 2.75) is 26.9 Å². The van der Waals surface area contributed by atoms with Crippen LogP contribution in [0.1, 0.15) is 18.1 Å². The Morgan fingerprint density at radius 3 is 2.04 bits per heavy atom. The lowest BCUT2D eigenvalue weighted by Gasteiger charge is -2.15. The predicted molar refractivity (Wildman–Crippen MR) is 106 cm³/mol. The molecule has 1 heterocycles. The normalized spacial score (nSPS) is 17.0. The smallest absolute Gasteiger partial charge is 0.412 e. The van der Waals surface area contributed by atoms with E-state index in [4.69, 9.17) is 9.47 Å². The zero-order valence-corrected chi connectivity index (χ0v) is 15.8. The minimum atomic E-state index is -0.657. The molecule has 8 nitrogen and oxygen atoms in total. The molecule has 2 aromatic rings. The summed E-state index contributed by atoms with van der Waals surface area (Å²) in [5, 5.41) is 5.24. The monoisotopic (exact) mass is 380 g/mol. The molecule has 0 aromatic heterocycles. The Labute approximate surface area is 162 Å². The van der Waals surface area contributed by atoms with Gasteiger partial charge in [0.15, 0.2) is 0 Å². The van der Waals surface area contributed by atoms with Crippen molar-refractivity contribution in [2.75, 3.05) is 17.2 Å². The van der Waals surface area contributed by atoms with E-state index < -0.39 is 18.3 Å². The van der Waals surface area contributed by atoms with Crippen LogP contribution in [0, 0.1) is 13.8 Å². The molecule has 0 spiro atoms.